The molecule has 0 aliphatic carbocycles. The molecular weight excluding hydrogens is 507 g/mol. The molecule has 10 heteroatoms. The van der Waals surface area contributed by atoms with Crippen LogP contribution in [0, 0.1) is 5.82 Å². The number of rotatable bonds is 8. The van der Waals surface area contributed by atoms with Gasteiger partial charge >= 0.3 is 6.01 Å². The van der Waals surface area contributed by atoms with E-state index in [4.69, 9.17) is 9.84 Å². The smallest absolute Gasteiger partial charge is 0.319 e. The summed E-state index contributed by atoms with van der Waals surface area (Å²) in [7, 11) is 0. The molecule has 1 fully saturated rings. The van der Waals surface area contributed by atoms with Crippen LogP contribution in [0.15, 0.2) is 54.6 Å². The van der Waals surface area contributed by atoms with E-state index in [2.05, 4.69) is 27.9 Å². The number of halogens is 1. The lowest BCUT2D eigenvalue weighted by molar-refractivity contribution is 0.0506. The molecule has 0 radical (unpaired) electrons. The summed E-state index contributed by atoms with van der Waals surface area (Å²) in [6, 6.07) is 15.9. The number of amides is 1. The Hall–Kier alpha value is -3.60. The maximum Gasteiger partial charge on any atom is 0.319 e. The second-order valence-electron chi connectivity index (χ2n) is 9.13. The van der Waals surface area contributed by atoms with Gasteiger partial charge in [-0.05, 0) is 47.9 Å². The molecule has 2 aromatic carbocycles. The van der Waals surface area contributed by atoms with Gasteiger partial charge in [0.05, 0.1) is 12.0 Å². The average molecular weight is 537 g/mol. The predicted octanol–water partition coefficient (Wildman–Crippen LogP) is 3.75. The summed E-state index contributed by atoms with van der Waals surface area (Å²) in [5.41, 5.74) is 2.08. The van der Waals surface area contributed by atoms with E-state index >= 15 is 0 Å². The van der Waals surface area contributed by atoms with Crippen molar-refractivity contribution < 1.29 is 24.1 Å². The fourth-order valence-electron chi connectivity index (χ4n) is 4.44. The first-order valence-corrected chi connectivity index (χ1v) is 13.4. The molecule has 2 aromatic heterocycles. The lowest BCUT2D eigenvalue weighted by Gasteiger charge is -2.35. The van der Waals surface area contributed by atoms with Crippen molar-refractivity contribution in [3.8, 4) is 17.1 Å². The molecular formula is C28H29FN4O4S. The molecule has 2 N–H and O–H groups in total. The van der Waals surface area contributed by atoms with E-state index in [9.17, 15) is 14.3 Å². The van der Waals surface area contributed by atoms with Gasteiger partial charge in [0.1, 0.15) is 29.2 Å². The van der Waals surface area contributed by atoms with Crippen molar-refractivity contribution in [2.45, 2.75) is 19.4 Å². The summed E-state index contributed by atoms with van der Waals surface area (Å²) in [4.78, 5) is 28.4. The van der Waals surface area contributed by atoms with Gasteiger partial charge in [0.25, 0.3) is 5.91 Å². The molecule has 0 bridgehead atoms. The van der Waals surface area contributed by atoms with Crippen molar-refractivity contribution in [3.05, 3.63) is 70.9 Å². The van der Waals surface area contributed by atoms with Gasteiger partial charge < -0.3 is 24.7 Å². The van der Waals surface area contributed by atoms with Crippen molar-refractivity contribution in [1.82, 2.24) is 14.9 Å². The highest BCUT2D eigenvalue weighted by molar-refractivity contribution is 7.18. The number of aryl methyl sites for hydroxylation is 1. The molecule has 1 saturated heterocycles. The Kier molecular flexibility index (Phi) is 7.82. The Bertz CT molecular complexity index is 1440. The molecule has 8 nitrogen and oxygen atoms in total. The lowest BCUT2D eigenvalue weighted by atomic mass is 10.0. The number of carbonyl (C=O) groups excluding carboxylic acids is 1. The van der Waals surface area contributed by atoms with E-state index < -0.39 is 12.7 Å². The lowest BCUT2D eigenvalue weighted by Crippen LogP contribution is -2.49. The highest BCUT2D eigenvalue weighted by Gasteiger charge is 2.26. The molecule has 0 spiro atoms. The number of nitrogens with zero attached hydrogens (tertiary/aromatic N) is 4. The van der Waals surface area contributed by atoms with Gasteiger partial charge in [-0.15, -0.1) is 11.3 Å². The second kappa shape index (κ2) is 11.4. The van der Waals surface area contributed by atoms with E-state index in [0.717, 1.165) is 33.6 Å². The maximum atomic E-state index is 13.7. The van der Waals surface area contributed by atoms with Gasteiger partial charge in [-0.3, -0.25) is 4.79 Å². The third-order valence-corrected chi connectivity index (χ3v) is 7.67. The Morgan fingerprint density at radius 2 is 1.82 bits per heavy atom. The number of ether oxygens (including phenoxy) is 1. The Morgan fingerprint density at radius 3 is 2.53 bits per heavy atom. The minimum Gasteiger partial charge on any atom is -0.461 e. The van der Waals surface area contributed by atoms with Gasteiger partial charge in [0.2, 0.25) is 0 Å². The number of piperazine rings is 1. The van der Waals surface area contributed by atoms with Crippen LogP contribution in [0.5, 0.6) is 6.01 Å². The van der Waals surface area contributed by atoms with Gasteiger partial charge in [-0.25, -0.2) is 4.39 Å². The first kappa shape index (κ1) is 26.0. The van der Waals surface area contributed by atoms with Crippen LogP contribution >= 0.6 is 11.3 Å². The van der Waals surface area contributed by atoms with Crippen LogP contribution in [-0.4, -0.2) is 76.5 Å². The molecule has 1 amide bonds. The number of carbonyl (C=O) groups is 1. The van der Waals surface area contributed by atoms with E-state index in [0.29, 0.717) is 31.7 Å². The number of aliphatic hydroxyl groups excluding tert-OH is 2. The minimum atomic E-state index is -1.01. The zero-order valence-electron chi connectivity index (χ0n) is 21.0. The summed E-state index contributed by atoms with van der Waals surface area (Å²) in [5, 5.41) is 19.7. The van der Waals surface area contributed by atoms with Crippen LogP contribution in [0.25, 0.3) is 21.3 Å². The third kappa shape index (κ3) is 5.62. The van der Waals surface area contributed by atoms with Crippen LogP contribution in [0.2, 0.25) is 0 Å². The van der Waals surface area contributed by atoms with Crippen molar-refractivity contribution in [3.63, 3.8) is 0 Å². The van der Waals surface area contributed by atoms with Crippen LogP contribution in [0.3, 0.4) is 0 Å². The van der Waals surface area contributed by atoms with Gasteiger partial charge in [0, 0.05) is 36.6 Å². The summed E-state index contributed by atoms with van der Waals surface area (Å²) >= 11 is 1.58. The van der Waals surface area contributed by atoms with E-state index in [1.807, 2.05) is 23.1 Å². The maximum absolute atomic E-state index is 13.7. The number of aliphatic hydroxyl groups is 2. The van der Waals surface area contributed by atoms with E-state index in [1.54, 1.807) is 29.5 Å². The number of hydrogen-bond donors (Lipinski definition) is 2. The monoisotopic (exact) mass is 536 g/mol. The normalized spacial score (nSPS) is 14.6. The molecule has 3 heterocycles. The first-order chi connectivity index (χ1) is 18.4. The van der Waals surface area contributed by atoms with Gasteiger partial charge in [-0.1, -0.05) is 31.2 Å². The summed E-state index contributed by atoms with van der Waals surface area (Å²) in [5.74, 6) is 0.352. The molecule has 1 aliphatic rings. The number of anilines is 1. The number of thiophene rings is 1. The fourth-order valence-corrected chi connectivity index (χ4v) is 5.40. The van der Waals surface area contributed by atoms with E-state index in [1.165, 1.54) is 17.0 Å². The zero-order valence-corrected chi connectivity index (χ0v) is 21.8. The van der Waals surface area contributed by atoms with Crippen molar-refractivity contribution in [2.75, 3.05) is 44.3 Å². The highest BCUT2D eigenvalue weighted by Crippen LogP contribution is 2.33. The Morgan fingerprint density at radius 1 is 1.08 bits per heavy atom. The molecule has 38 heavy (non-hydrogen) atoms. The molecule has 1 aliphatic heterocycles. The number of aromatic nitrogens is 2. The largest absolute Gasteiger partial charge is 0.461 e. The minimum absolute atomic E-state index is 0.0680. The number of fused-ring (bicyclic) bond motifs is 1. The quantitative estimate of drug-likeness (QED) is 0.354. The molecule has 0 unspecified atom stereocenters. The third-order valence-electron chi connectivity index (χ3n) is 6.50. The highest BCUT2D eigenvalue weighted by atomic mass is 32.1. The topological polar surface area (TPSA) is 99.0 Å². The van der Waals surface area contributed by atoms with Crippen molar-refractivity contribution in [1.29, 1.82) is 0 Å². The molecule has 1 atom stereocenters. The Labute approximate surface area is 223 Å². The molecule has 198 valence electrons. The number of benzene rings is 2. The zero-order chi connectivity index (χ0) is 26.6. The predicted molar refractivity (Wildman–Crippen MR) is 145 cm³/mol. The SMILES string of the molecule is CCc1cc2c(N3CCN(C(=O)c4cccc(-c5cccc(F)c5)c4)CC3)nc(OC[C@H](O)CO)nc2s1. The summed E-state index contributed by atoms with van der Waals surface area (Å²) < 4.78 is 19.3. The summed E-state index contributed by atoms with van der Waals surface area (Å²) in [6.45, 7) is 3.76. The summed E-state index contributed by atoms with van der Waals surface area (Å²) in [6.07, 6.45) is -0.141. The standard InChI is InChI=1S/C28H29FN4O4S/c1-2-23-15-24-25(30-28(31-26(24)38-23)37-17-22(35)16-34)32-9-11-33(12-10-32)27(36)20-7-3-5-18(13-20)19-6-4-8-21(29)14-19/h3-8,13-15,22,34-35H,2,9-12,16-17H2,1H3/t22-/m1/s1. The average Bonchev–Trinajstić information content (AvgIpc) is 3.38. The number of hydrogen-bond acceptors (Lipinski definition) is 8. The van der Waals surface area contributed by atoms with Crippen LogP contribution in [0.1, 0.15) is 22.2 Å². The van der Waals surface area contributed by atoms with Gasteiger partial charge in [-0.2, -0.15) is 9.97 Å². The molecule has 5 rings (SSSR count). The van der Waals surface area contributed by atoms with Crippen LogP contribution in [-0.2, 0) is 6.42 Å². The fraction of sp³-hybridized carbons (Fsp3) is 0.321. The second-order valence-corrected chi connectivity index (χ2v) is 10.2. The first-order valence-electron chi connectivity index (χ1n) is 12.6. The van der Waals surface area contributed by atoms with Gasteiger partial charge in [0.15, 0.2) is 0 Å². The Balaban J connectivity index is 1.32. The van der Waals surface area contributed by atoms with Crippen LogP contribution in [0.4, 0.5) is 10.2 Å². The van der Waals surface area contributed by atoms with Crippen molar-refractivity contribution in [2.24, 2.45) is 0 Å². The molecule has 0 saturated carbocycles. The van der Waals surface area contributed by atoms with Crippen LogP contribution < -0.4 is 9.64 Å². The molecule has 4 aromatic rings. The van der Waals surface area contributed by atoms with E-state index in [-0.39, 0.29) is 24.3 Å². The van der Waals surface area contributed by atoms with Crippen molar-refractivity contribution >= 4 is 33.3 Å².